The zero-order valence-corrected chi connectivity index (χ0v) is 30.0. The molecular weight excluding hydrogens is 604 g/mol. The van der Waals surface area contributed by atoms with Crippen LogP contribution in [0.5, 0.6) is 0 Å². The van der Waals surface area contributed by atoms with Gasteiger partial charge in [0, 0.05) is 36.1 Å². The molecule has 48 heavy (non-hydrogen) atoms. The van der Waals surface area contributed by atoms with Gasteiger partial charge >= 0.3 is 12.2 Å². The fraction of sp³-hybridized carbons (Fsp3) is 0.550. The van der Waals surface area contributed by atoms with Crippen LogP contribution in [0.2, 0.25) is 0 Å². The third-order valence-electron chi connectivity index (χ3n) is 7.81. The summed E-state index contributed by atoms with van der Waals surface area (Å²) < 4.78 is 10.6. The number of aryl methyl sites for hydroxylation is 2. The molecule has 2 aromatic rings. The largest absolute Gasteiger partial charge is 0.444 e. The summed E-state index contributed by atoms with van der Waals surface area (Å²) in [6, 6.07) is 15.6. The number of carbonyl (C=O) groups is 2. The molecule has 0 spiro atoms. The topological polar surface area (TPSA) is 117 Å². The van der Waals surface area contributed by atoms with E-state index < -0.39 is 34.6 Å². The van der Waals surface area contributed by atoms with E-state index in [0.29, 0.717) is 25.7 Å². The number of hydrogen-bond acceptors (Lipinski definition) is 6. The Hall–Kier alpha value is -3.98. The Morgan fingerprint density at radius 1 is 0.708 bits per heavy atom. The van der Waals surface area contributed by atoms with Crippen molar-refractivity contribution in [2.75, 3.05) is 0 Å². The van der Waals surface area contributed by atoms with Crippen molar-refractivity contribution in [3.63, 3.8) is 0 Å². The maximum atomic E-state index is 11.9. The second-order valence-electron chi connectivity index (χ2n) is 15.2. The first kappa shape index (κ1) is 38.5. The highest BCUT2D eigenvalue weighted by atomic mass is 16.6. The maximum absolute atomic E-state index is 11.9. The Kier molecular flexibility index (Phi) is 13.2. The Morgan fingerprint density at radius 3 is 1.42 bits per heavy atom. The summed E-state index contributed by atoms with van der Waals surface area (Å²) in [6.07, 6.45) is 4.50. The predicted molar refractivity (Wildman–Crippen MR) is 189 cm³/mol. The van der Waals surface area contributed by atoms with Crippen LogP contribution in [0.3, 0.4) is 0 Å². The summed E-state index contributed by atoms with van der Waals surface area (Å²) in [5, 5.41) is 27.2. The van der Waals surface area contributed by atoms with Crippen LogP contribution < -0.4 is 10.6 Å². The number of aliphatic hydroxyl groups is 2. The first-order valence-corrected chi connectivity index (χ1v) is 16.9. The number of alkyl carbamates (subject to hydrolysis) is 2. The summed E-state index contributed by atoms with van der Waals surface area (Å²) in [4.78, 5) is 23.8. The molecule has 0 radical (unpaired) electrons. The first-order chi connectivity index (χ1) is 22.3. The standard InChI is InChI=1S/2C20H27NO3/c2*1-15-7-5-8-16(13-15)10-12-20(23)11-6-9-17(14-20)21-18(22)24-19(2,3)4/h2*5,7-8,13,17,23H,6,9,11,14H2,1-4H3,(H,21,22). The minimum absolute atomic E-state index is 0.120. The van der Waals surface area contributed by atoms with Gasteiger partial charge in [-0.25, -0.2) is 9.59 Å². The maximum Gasteiger partial charge on any atom is 0.407 e. The molecule has 4 unspecified atom stereocenters. The highest BCUT2D eigenvalue weighted by Gasteiger charge is 2.35. The quantitative estimate of drug-likeness (QED) is 0.256. The zero-order chi connectivity index (χ0) is 35.6. The molecule has 4 N–H and O–H groups in total. The molecule has 4 atom stereocenters. The van der Waals surface area contributed by atoms with Crippen LogP contribution in [0, 0.1) is 37.5 Å². The van der Waals surface area contributed by atoms with Crippen LogP contribution in [-0.2, 0) is 9.47 Å². The van der Waals surface area contributed by atoms with Crippen LogP contribution in [0.1, 0.15) is 115 Å². The highest BCUT2D eigenvalue weighted by molar-refractivity contribution is 5.68. The monoisotopic (exact) mass is 658 g/mol. The van der Waals surface area contributed by atoms with E-state index in [9.17, 15) is 19.8 Å². The van der Waals surface area contributed by atoms with Crippen molar-refractivity contribution in [3.05, 3.63) is 70.8 Å². The van der Waals surface area contributed by atoms with Crippen LogP contribution >= 0.6 is 0 Å². The summed E-state index contributed by atoms with van der Waals surface area (Å²) in [6.45, 7) is 15.0. The SMILES string of the molecule is Cc1cccc(C#CC2(O)CCCC(NC(=O)OC(C)(C)C)C2)c1.Cc1cccc(C#CC2(O)CCCC(NC(=O)OC(C)(C)C)C2)c1. The Labute approximate surface area is 287 Å². The third-order valence-corrected chi connectivity index (χ3v) is 7.81. The lowest BCUT2D eigenvalue weighted by Crippen LogP contribution is -2.46. The van der Waals surface area contributed by atoms with E-state index >= 15 is 0 Å². The van der Waals surface area contributed by atoms with Crippen LogP contribution in [-0.4, -0.2) is 56.9 Å². The molecule has 0 heterocycles. The molecule has 2 aliphatic carbocycles. The molecule has 0 aromatic heterocycles. The van der Waals surface area contributed by atoms with Gasteiger partial charge in [0.25, 0.3) is 0 Å². The number of carbonyl (C=O) groups excluding carboxylic acids is 2. The molecule has 0 aliphatic heterocycles. The average molecular weight is 659 g/mol. The highest BCUT2D eigenvalue weighted by Crippen LogP contribution is 2.29. The summed E-state index contributed by atoms with van der Waals surface area (Å²) in [7, 11) is 0. The van der Waals surface area contributed by atoms with Gasteiger partial charge in [0.05, 0.1) is 0 Å². The van der Waals surface area contributed by atoms with Gasteiger partial charge in [-0.1, -0.05) is 47.9 Å². The number of nitrogens with one attached hydrogen (secondary N) is 2. The van der Waals surface area contributed by atoms with Crippen molar-refractivity contribution >= 4 is 12.2 Å². The van der Waals surface area contributed by atoms with Crippen molar-refractivity contribution in [2.24, 2.45) is 0 Å². The number of amides is 2. The molecule has 2 aliphatic rings. The minimum Gasteiger partial charge on any atom is -0.444 e. The minimum atomic E-state index is -1.07. The molecule has 8 nitrogen and oxygen atoms in total. The Balaban J connectivity index is 0.000000260. The van der Waals surface area contributed by atoms with Crippen LogP contribution in [0.4, 0.5) is 9.59 Å². The predicted octanol–water partition coefficient (Wildman–Crippen LogP) is 7.09. The molecular formula is C40H54N2O6. The smallest absolute Gasteiger partial charge is 0.407 e. The van der Waals surface area contributed by atoms with Gasteiger partial charge in [0.1, 0.15) is 22.4 Å². The van der Waals surface area contributed by atoms with Crippen LogP contribution in [0.15, 0.2) is 48.5 Å². The van der Waals surface area contributed by atoms with Crippen LogP contribution in [0.25, 0.3) is 0 Å². The van der Waals surface area contributed by atoms with Crippen molar-refractivity contribution < 1.29 is 29.3 Å². The van der Waals surface area contributed by atoms with Gasteiger partial charge in [0.2, 0.25) is 0 Å². The van der Waals surface area contributed by atoms with Crippen molar-refractivity contribution in [2.45, 2.75) is 141 Å². The van der Waals surface area contributed by atoms with Crippen molar-refractivity contribution in [1.29, 1.82) is 0 Å². The fourth-order valence-electron chi connectivity index (χ4n) is 5.75. The van der Waals surface area contributed by atoms with Gasteiger partial charge < -0.3 is 30.3 Å². The van der Waals surface area contributed by atoms with E-state index in [0.717, 1.165) is 47.9 Å². The zero-order valence-electron chi connectivity index (χ0n) is 30.0. The third kappa shape index (κ3) is 14.4. The molecule has 260 valence electrons. The van der Waals surface area contributed by atoms with Crippen molar-refractivity contribution in [1.82, 2.24) is 10.6 Å². The number of rotatable bonds is 2. The molecule has 0 bridgehead atoms. The lowest BCUT2D eigenvalue weighted by atomic mass is 9.82. The lowest BCUT2D eigenvalue weighted by molar-refractivity contribution is 0.0292. The summed E-state index contributed by atoms with van der Waals surface area (Å²) in [5.41, 5.74) is 0.878. The number of hydrogen-bond donors (Lipinski definition) is 4. The molecule has 8 heteroatoms. The molecule has 2 amide bonds. The van der Waals surface area contributed by atoms with Gasteiger partial charge in [0.15, 0.2) is 0 Å². The lowest BCUT2D eigenvalue weighted by Gasteiger charge is -2.33. The van der Waals surface area contributed by atoms with Gasteiger partial charge in [-0.05, 0) is 129 Å². The van der Waals surface area contributed by atoms with Crippen molar-refractivity contribution in [3.8, 4) is 23.7 Å². The Bertz CT molecular complexity index is 1420. The normalized spacial score (nSPS) is 23.8. The molecule has 2 fully saturated rings. The summed E-state index contributed by atoms with van der Waals surface area (Å²) >= 11 is 0. The van der Waals surface area contributed by atoms with E-state index in [1.54, 1.807) is 0 Å². The van der Waals surface area contributed by atoms with E-state index in [1.807, 2.05) is 104 Å². The summed E-state index contributed by atoms with van der Waals surface area (Å²) in [5.74, 6) is 12.1. The number of benzene rings is 2. The molecule has 2 saturated carbocycles. The van der Waals surface area contributed by atoms with E-state index in [-0.39, 0.29) is 12.1 Å². The molecule has 0 saturated heterocycles. The fourth-order valence-corrected chi connectivity index (χ4v) is 5.75. The number of ether oxygens (including phenoxy) is 2. The molecule has 2 aromatic carbocycles. The van der Waals surface area contributed by atoms with Gasteiger partial charge in [-0.3, -0.25) is 0 Å². The second kappa shape index (κ2) is 16.4. The van der Waals surface area contributed by atoms with Gasteiger partial charge in [-0.2, -0.15) is 0 Å². The van der Waals surface area contributed by atoms with Gasteiger partial charge in [-0.15, -0.1) is 0 Å². The average Bonchev–Trinajstić information content (AvgIpc) is 2.94. The van der Waals surface area contributed by atoms with E-state index in [4.69, 9.17) is 9.47 Å². The van der Waals surface area contributed by atoms with E-state index in [2.05, 4.69) is 34.3 Å². The first-order valence-electron chi connectivity index (χ1n) is 16.9. The van der Waals surface area contributed by atoms with E-state index in [1.165, 1.54) is 0 Å². The molecule has 4 rings (SSSR count). The second-order valence-corrected chi connectivity index (χ2v) is 15.2. The Morgan fingerprint density at radius 2 is 1.08 bits per heavy atom.